The van der Waals surface area contributed by atoms with Crippen LogP contribution in [0.1, 0.15) is 11.1 Å². The van der Waals surface area contributed by atoms with Crippen molar-refractivity contribution in [3.8, 4) is 23.0 Å². The number of amides is 1. The van der Waals surface area contributed by atoms with Crippen LogP contribution in [0.3, 0.4) is 0 Å². The standard InChI is InChI=1S/C23H27NO7/c1-16-6-5-7-18(12-16)30-11-10-24-22(25)15-31-23(26)9-8-17-13-20(28-3)21(29-4)14-19(17)27-2/h5-9,12-14H,10-11,15H2,1-4H3,(H,24,25)/b9-8+. The highest BCUT2D eigenvalue weighted by Gasteiger charge is 2.11. The number of benzene rings is 2. The molecular weight excluding hydrogens is 402 g/mol. The summed E-state index contributed by atoms with van der Waals surface area (Å²) >= 11 is 0. The van der Waals surface area contributed by atoms with Crippen molar-refractivity contribution >= 4 is 18.0 Å². The van der Waals surface area contributed by atoms with Crippen molar-refractivity contribution in [3.05, 3.63) is 53.6 Å². The lowest BCUT2D eigenvalue weighted by Gasteiger charge is -2.12. The number of esters is 1. The molecule has 2 aromatic carbocycles. The molecule has 0 unspecified atom stereocenters. The maximum absolute atomic E-state index is 11.9. The Labute approximate surface area is 181 Å². The molecular formula is C23H27NO7. The van der Waals surface area contributed by atoms with Gasteiger partial charge in [-0.05, 0) is 36.8 Å². The fraction of sp³-hybridized carbons (Fsp3) is 0.304. The lowest BCUT2D eigenvalue weighted by Crippen LogP contribution is -2.31. The van der Waals surface area contributed by atoms with Crippen molar-refractivity contribution < 1.29 is 33.3 Å². The average Bonchev–Trinajstić information content (AvgIpc) is 2.78. The zero-order chi connectivity index (χ0) is 22.6. The lowest BCUT2D eigenvalue weighted by atomic mass is 10.1. The molecule has 0 bridgehead atoms. The molecule has 2 rings (SSSR count). The van der Waals surface area contributed by atoms with E-state index in [9.17, 15) is 9.59 Å². The molecule has 1 N–H and O–H groups in total. The molecule has 0 fully saturated rings. The van der Waals surface area contributed by atoms with Gasteiger partial charge in [-0.3, -0.25) is 4.79 Å². The molecule has 166 valence electrons. The second kappa shape index (κ2) is 12.1. The third-order valence-electron chi connectivity index (χ3n) is 4.16. The van der Waals surface area contributed by atoms with Gasteiger partial charge >= 0.3 is 5.97 Å². The number of aryl methyl sites for hydroxylation is 1. The third kappa shape index (κ3) is 7.58. The summed E-state index contributed by atoms with van der Waals surface area (Å²) in [5, 5.41) is 2.63. The van der Waals surface area contributed by atoms with E-state index in [-0.39, 0.29) is 0 Å². The fourth-order valence-corrected chi connectivity index (χ4v) is 2.64. The average molecular weight is 429 g/mol. The fourth-order valence-electron chi connectivity index (χ4n) is 2.64. The Kier molecular flexibility index (Phi) is 9.22. The summed E-state index contributed by atoms with van der Waals surface area (Å²) in [5.41, 5.74) is 1.68. The first kappa shape index (κ1) is 23.6. The molecule has 0 aliphatic carbocycles. The van der Waals surface area contributed by atoms with Gasteiger partial charge in [-0.15, -0.1) is 0 Å². The molecule has 0 spiro atoms. The lowest BCUT2D eigenvalue weighted by molar-refractivity contribution is -0.143. The quantitative estimate of drug-likeness (QED) is 0.334. The second-order valence-electron chi connectivity index (χ2n) is 6.41. The van der Waals surface area contributed by atoms with Crippen LogP contribution in [0, 0.1) is 6.92 Å². The molecule has 8 heteroatoms. The Bertz CT molecular complexity index is 924. The second-order valence-corrected chi connectivity index (χ2v) is 6.41. The van der Waals surface area contributed by atoms with Crippen LogP contribution in [-0.4, -0.2) is 53.0 Å². The van der Waals surface area contributed by atoms with E-state index in [0.717, 1.165) is 11.3 Å². The number of methoxy groups -OCH3 is 3. The number of hydrogen-bond donors (Lipinski definition) is 1. The Hall–Kier alpha value is -3.68. The minimum absolute atomic E-state index is 0.295. The van der Waals surface area contributed by atoms with E-state index in [0.29, 0.717) is 36.0 Å². The van der Waals surface area contributed by atoms with E-state index in [1.807, 2.05) is 31.2 Å². The summed E-state index contributed by atoms with van der Waals surface area (Å²) in [5.74, 6) is 1.14. The van der Waals surface area contributed by atoms with Gasteiger partial charge in [0.2, 0.25) is 0 Å². The van der Waals surface area contributed by atoms with E-state index in [4.69, 9.17) is 23.7 Å². The van der Waals surface area contributed by atoms with E-state index >= 15 is 0 Å². The highest BCUT2D eigenvalue weighted by molar-refractivity contribution is 5.89. The minimum atomic E-state index is -0.664. The van der Waals surface area contributed by atoms with E-state index in [1.54, 1.807) is 12.1 Å². The van der Waals surface area contributed by atoms with Crippen molar-refractivity contribution in [1.29, 1.82) is 0 Å². The summed E-state index contributed by atoms with van der Waals surface area (Å²) in [6, 6.07) is 10.9. The number of ether oxygens (including phenoxy) is 5. The maximum Gasteiger partial charge on any atom is 0.331 e. The Morgan fingerprint density at radius 1 is 0.968 bits per heavy atom. The van der Waals surface area contributed by atoms with Gasteiger partial charge in [0.05, 0.1) is 27.9 Å². The zero-order valence-corrected chi connectivity index (χ0v) is 18.1. The van der Waals surface area contributed by atoms with Gasteiger partial charge < -0.3 is 29.0 Å². The van der Waals surface area contributed by atoms with Crippen LogP contribution in [0.2, 0.25) is 0 Å². The van der Waals surface area contributed by atoms with Gasteiger partial charge in [0.25, 0.3) is 5.91 Å². The molecule has 31 heavy (non-hydrogen) atoms. The van der Waals surface area contributed by atoms with Crippen LogP contribution in [0.15, 0.2) is 42.5 Å². The minimum Gasteiger partial charge on any atom is -0.496 e. The van der Waals surface area contributed by atoms with Gasteiger partial charge in [0, 0.05) is 17.7 Å². The predicted octanol–water partition coefficient (Wildman–Crippen LogP) is 2.77. The Morgan fingerprint density at radius 2 is 1.68 bits per heavy atom. The zero-order valence-electron chi connectivity index (χ0n) is 18.1. The summed E-state index contributed by atoms with van der Waals surface area (Å²) in [7, 11) is 4.53. The van der Waals surface area contributed by atoms with Crippen LogP contribution in [0.4, 0.5) is 0 Å². The van der Waals surface area contributed by atoms with Gasteiger partial charge in [-0.25, -0.2) is 4.79 Å². The molecule has 0 radical (unpaired) electrons. The highest BCUT2D eigenvalue weighted by Crippen LogP contribution is 2.35. The molecule has 0 heterocycles. The number of nitrogens with one attached hydrogen (secondary N) is 1. The van der Waals surface area contributed by atoms with Crippen LogP contribution < -0.4 is 24.3 Å². The highest BCUT2D eigenvalue weighted by atomic mass is 16.5. The monoisotopic (exact) mass is 429 g/mol. The van der Waals surface area contributed by atoms with Crippen LogP contribution in [0.5, 0.6) is 23.0 Å². The number of carbonyl (C=O) groups is 2. The first-order valence-corrected chi connectivity index (χ1v) is 9.57. The topological polar surface area (TPSA) is 92.3 Å². The van der Waals surface area contributed by atoms with E-state index in [1.165, 1.54) is 33.5 Å². The van der Waals surface area contributed by atoms with Gasteiger partial charge in [0.1, 0.15) is 18.1 Å². The van der Waals surface area contributed by atoms with E-state index in [2.05, 4.69) is 5.32 Å². The molecule has 0 aliphatic rings. The number of rotatable bonds is 11. The number of hydrogen-bond acceptors (Lipinski definition) is 7. The third-order valence-corrected chi connectivity index (χ3v) is 4.16. The molecule has 0 saturated carbocycles. The predicted molar refractivity (Wildman–Crippen MR) is 116 cm³/mol. The van der Waals surface area contributed by atoms with E-state index < -0.39 is 18.5 Å². The van der Waals surface area contributed by atoms with Gasteiger partial charge in [-0.2, -0.15) is 0 Å². The summed E-state index contributed by atoms with van der Waals surface area (Å²) in [4.78, 5) is 23.8. The summed E-state index contributed by atoms with van der Waals surface area (Å²) in [6.07, 6.45) is 2.72. The molecule has 1 amide bonds. The van der Waals surface area contributed by atoms with Crippen molar-refractivity contribution in [2.75, 3.05) is 41.1 Å². The van der Waals surface area contributed by atoms with Gasteiger partial charge in [0.15, 0.2) is 18.1 Å². The number of carbonyl (C=O) groups excluding carboxylic acids is 2. The molecule has 0 aromatic heterocycles. The van der Waals surface area contributed by atoms with Crippen LogP contribution in [0.25, 0.3) is 6.08 Å². The van der Waals surface area contributed by atoms with Crippen molar-refractivity contribution in [1.82, 2.24) is 5.32 Å². The molecule has 2 aromatic rings. The summed E-state index contributed by atoms with van der Waals surface area (Å²) in [6.45, 7) is 2.18. The molecule has 0 atom stereocenters. The van der Waals surface area contributed by atoms with Crippen LogP contribution >= 0.6 is 0 Å². The first-order chi connectivity index (χ1) is 15.0. The molecule has 8 nitrogen and oxygen atoms in total. The molecule has 0 saturated heterocycles. The Balaban J connectivity index is 1.78. The first-order valence-electron chi connectivity index (χ1n) is 9.57. The largest absolute Gasteiger partial charge is 0.496 e. The summed E-state index contributed by atoms with van der Waals surface area (Å²) < 4.78 is 26.3. The van der Waals surface area contributed by atoms with Crippen LogP contribution in [-0.2, 0) is 14.3 Å². The van der Waals surface area contributed by atoms with Crippen molar-refractivity contribution in [2.45, 2.75) is 6.92 Å². The normalized spacial score (nSPS) is 10.5. The SMILES string of the molecule is COc1cc(OC)c(OC)cc1/C=C/C(=O)OCC(=O)NCCOc1cccc(C)c1. The van der Waals surface area contributed by atoms with Crippen molar-refractivity contribution in [2.24, 2.45) is 0 Å². The molecule has 0 aliphatic heterocycles. The smallest absolute Gasteiger partial charge is 0.331 e. The van der Waals surface area contributed by atoms with Crippen molar-refractivity contribution in [3.63, 3.8) is 0 Å². The van der Waals surface area contributed by atoms with Gasteiger partial charge in [-0.1, -0.05) is 12.1 Å². The Morgan fingerprint density at radius 3 is 2.35 bits per heavy atom. The maximum atomic E-state index is 11.9.